The fraction of sp³-hybridized carbons (Fsp3) is 0.192. The number of aryl methyl sites for hydroxylation is 1. The molecule has 6 rings (SSSR count). The van der Waals surface area contributed by atoms with Crippen molar-refractivity contribution in [2.45, 2.75) is 26.9 Å². The molecule has 0 N–H and O–H groups in total. The molecule has 0 bridgehead atoms. The Hall–Kier alpha value is -0.700. The van der Waals surface area contributed by atoms with Gasteiger partial charge in [-0.2, -0.15) is 6.07 Å². The number of fused-ring (bicyclic) bond motifs is 1. The fourth-order valence-corrected chi connectivity index (χ4v) is 10.8. The van der Waals surface area contributed by atoms with Crippen LogP contribution in [0.4, 0.5) is 0 Å². The molecule has 1 aliphatic carbocycles. The Morgan fingerprint density at radius 2 is 1.61 bits per heavy atom. The third-order valence-corrected chi connectivity index (χ3v) is 11.6. The number of thioether (sulfide) groups is 1. The summed E-state index contributed by atoms with van der Waals surface area (Å²) in [5.41, 5.74) is 3.95. The minimum atomic E-state index is -1.06. The van der Waals surface area contributed by atoms with E-state index in [0.29, 0.717) is 0 Å². The third kappa shape index (κ3) is 4.42. The number of hydrogen-bond acceptors (Lipinski definition) is 1. The summed E-state index contributed by atoms with van der Waals surface area (Å²) < 4.78 is 0. The molecular formula is C26H25Cl2SSiZr. The Morgan fingerprint density at radius 3 is 2.32 bits per heavy atom. The maximum Gasteiger partial charge on any atom is 3.00 e. The Morgan fingerprint density at radius 1 is 0.903 bits per heavy atom. The van der Waals surface area contributed by atoms with Crippen molar-refractivity contribution in [3.63, 3.8) is 0 Å². The van der Waals surface area contributed by atoms with Gasteiger partial charge in [-0.3, -0.25) is 0 Å². The first-order chi connectivity index (χ1) is 13.5. The van der Waals surface area contributed by atoms with Crippen molar-refractivity contribution >= 4 is 30.6 Å². The summed E-state index contributed by atoms with van der Waals surface area (Å²) in [4.78, 5) is 3.21. The van der Waals surface area contributed by atoms with Gasteiger partial charge in [-0.1, -0.05) is 96.3 Å². The maximum absolute atomic E-state index is 2.48. The van der Waals surface area contributed by atoms with Crippen molar-refractivity contribution in [2.24, 2.45) is 5.92 Å². The largest absolute Gasteiger partial charge is 3.00 e. The SMILES string of the molecule is CC1=C2C3C(=CC=C3[Si]2(C)C)S1.Cc1cc2c(-c3ccccc3)cccc2[cH-]1.[Cl-].[Cl-].[Zr+3]. The van der Waals surface area contributed by atoms with E-state index in [2.05, 4.69) is 99.8 Å². The predicted octanol–water partition coefficient (Wildman–Crippen LogP) is 1.79. The smallest absolute Gasteiger partial charge is 1.00 e. The molecule has 1 atom stereocenters. The summed E-state index contributed by atoms with van der Waals surface area (Å²) in [7, 11) is -1.06. The maximum atomic E-state index is 2.48. The van der Waals surface area contributed by atoms with E-state index in [9.17, 15) is 0 Å². The van der Waals surface area contributed by atoms with Gasteiger partial charge < -0.3 is 24.8 Å². The number of hydrogen-bond donors (Lipinski definition) is 0. The topological polar surface area (TPSA) is 0 Å². The van der Waals surface area contributed by atoms with Gasteiger partial charge in [0.1, 0.15) is 8.07 Å². The molecule has 1 fully saturated rings. The first kappa shape index (κ1) is 26.6. The van der Waals surface area contributed by atoms with Gasteiger partial charge in [0.2, 0.25) is 0 Å². The molecule has 157 valence electrons. The van der Waals surface area contributed by atoms with Crippen LogP contribution in [0.2, 0.25) is 13.1 Å². The van der Waals surface area contributed by atoms with E-state index in [1.807, 2.05) is 17.0 Å². The summed E-state index contributed by atoms with van der Waals surface area (Å²) in [5, 5.41) is 6.28. The molecule has 5 heteroatoms. The van der Waals surface area contributed by atoms with Crippen LogP contribution in [0.1, 0.15) is 12.5 Å². The van der Waals surface area contributed by atoms with E-state index in [-0.39, 0.29) is 51.0 Å². The van der Waals surface area contributed by atoms with E-state index in [0.717, 1.165) is 5.92 Å². The van der Waals surface area contributed by atoms with Gasteiger partial charge in [-0.05, 0) is 22.3 Å². The van der Waals surface area contributed by atoms with E-state index >= 15 is 0 Å². The van der Waals surface area contributed by atoms with E-state index in [4.69, 9.17) is 0 Å². The van der Waals surface area contributed by atoms with Crippen LogP contribution in [0.25, 0.3) is 21.9 Å². The van der Waals surface area contributed by atoms with Gasteiger partial charge >= 0.3 is 26.2 Å². The standard InChI is InChI=1S/C16H13.C10H12SSi.2ClH.Zr/c1-12-10-14-8-5-9-15(16(14)11-12)13-6-3-2-4-7-13;1-6-10-9-7(11-6)4-5-8(9)12(10,2)3;;;/h2-11H,1H3;4-5,9H,1-3H3;2*1H;/q-1;;;;+3/p-2. The van der Waals surface area contributed by atoms with Crippen LogP contribution in [0.3, 0.4) is 0 Å². The van der Waals surface area contributed by atoms with Crippen LogP contribution in [0.15, 0.2) is 93.0 Å². The van der Waals surface area contributed by atoms with Gasteiger partial charge in [-0.15, -0.1) is 34.5 Å². The van der Waals surface area contributed by atoms with Crippen LogP contribution in [-0.2, 0) is 26.2 Å². The van der Waals surface area contributed by atoms with Crippen molar-refractivity contribution in [1.29, 1.82) is 0 Å². The molecule has 3 aromatic carbocycles. The molecule has 2 aliphatic heterocycles. The average molecular weight is 560 g/mol. The average Bonchev–Trinajstić information content (AvgIpc) is 3.31. The van der Waals surface area contributed by atoms with Crippen LogP contribution >= 0.6 is 11.8 Å². The minimum absolute atomic E-state index is 0. The fourth-order valence-electron chi connectivity index (χ4n) is 5.05. The Balaban J connectivity index is 0.000000207. The van der Waals surface area contributed by atoms with Crippen molar-refractivity contribution in [3.05, 3.63) is 98.6 Å². The zero-order valence-electron chi connectivity index (χ0n) is 18.2. The third-order valence-electron chi connectivity index (χ3n) is 6.34. The first-order valence-corrected chi connectivity index (χ1v) is 13.8. The zero-order valence-corrected chi connectivity index (χ0v) is 24.0. The zero-order chi connectivity index (χ0) is 19.5. The van der Waals surface area contributed by atoms with Crippen LogP contribution in [-0.4, -0.2) is 8.07 Å². The van der Waals surface area contributed by atoms with Crippen molar-refractivity contribution in [2.75, 3.05) is 0 Å². The van der Waals surface area contributed by atoms with Crippen LogP contribution in [0.5, 0.6) is 0 Å². The molecule has 2 heterocycles. The summed E-state index contributed by atoms with van der Waals surface area (Å²) in [6, 6.07) is 21.6. The van der Waals surface area contributed by atoms with E-state index in [1.54, 1.807) is 15.0 Å². The van der Waals surface area contributed by atoms with Crippen molar-refractivity contribution < 1.29 is 51.0 Å². The van der Waals surface area contributed by atoms with Crippen molar-refractivity contribution in [1.82, 2.24) is 0 Å². The Bertz CT molecular complexity index is 1190. The second-order valence-electron chi connectivity index (χ2n) is 8.53. The van der Waals surface area contributed by atoms with E-state index in [1.165, 1.54) is 27.5 Å². The van der Waals surface area contributed by atoms with E-state index < -0.39 is 8.07 Å². The Kier molecular flexibility index (Phi) is 8.62. The van der Waals surface area contributed by atoms with Gasteiger partial charge in [0.25, 0.3) is 0 Å². The second-order valence-corrected chi connectivity index (χ2v) is 14.2. The molecule has 31 heavy (non-hydrogen) atoms. The van der Waals surface area contributed by atoms with Crippen molar-refractivity contribution in [3.8, 4) is 11.1 Å². The molecule has 0 spiro atoms. The number of benzene rings is 2. The molecule has 0 amide bonds. The van der Waals surface area contributed by atoms with Gasteiger partial charge in [0, 0.05) is 5.92 Å². The van der Waals surface area contributed by atoms with Crippen LogP contribution < -0.4 is 24.8 Å². The summed E-state index contributed by atoms with van der Waals surface area (Å²) >= 11 is 2.01. The summed E-state index contributed by atoms with van der Waals surface area (Å²) in [6.07, 6.45) is 4.72. The summed E-state index contributed by atoms with van der Waals surface area (Å²) in [6.45, 7) is 9.41. The molecular weight excluding hydrogens is 535 g/mol. The molecule has 3 aliphatic rings. The first-order valence-electron chi connectivity index (χ1n) is 9.99. The normalized spacial score (nSPS) is 18.9. The number of allylic oxidation sites excluding steroid dienone is 6. The molecule has 1 unspecified atom stereocenters. The predicted molar refractivity (Wildman–Crippen MR) is 127 cm³/mol. The molecule has 0 saturated carbocycles. The number of rotatable bonds is 1. The molecule has 0 nitrogen and oxygen atoms in total. The second kappa shape index (κ2) is 10.1. The number of halogens is 2. The van der Waals surface area contributed by atoms with Crippen LogP contribution in [0, 0.1) is 12.8 Å². The quantitative estimate of drug-likeness (QED) is 0.324. The molecule has 1 radical (unpaired) electrons. The minimum Gasteiger partial charge on any atom is -1.00 e. The molecule has 1 saturated heterocycles. The molecule has 3 aromatic rings. The van der Waals surface area contributed by atoms with Gasteiger partial charge in [0.15, 0.2) is 0 Å². The molecule has 0 aromatic heterocycles. The van der Waals surface area contributed by atoms with Gasteiger partial charge in [0.05, 0.1) is 0 Å². The monoisotopic (exact) mass is 557 g/mol. The van der Waals surface area contributed by atoms with Gasteiger partial charge in [-0.25, -0.2) is 0 Å². The summed E-state index contributed by atoms with van der Waals surface area (Å²) in [5.74, 6) is 0.789. The Labute approximate surface area is 222 Å².